The highest BCUT2D eigenvalue weighted by Crippen LogP contribution is 2.26. The van der Waals surface area contributed by atoms with E-state index in [4.69, 9.17) is 28.4 Å². The minimum Gasteiger partial charge on any atom is -0.458 e. The molecule has 2 aliphatic heterocycles. The van der Waals surface area contributed by atoms with Gasteiger partial charge in [0.2, 0.25) is 0 Å². The van der Waals surface area contributed by atoms with Crippen LogP contribution < -0.4 is 0 Å². The summed E-state index contributed by atoms with van der Waals surface area (Å²) in [6.07, 6.45) is 18.5. The number of hydrogen-bond acceptors (Lipinski definition) is 15. The Labute approximate surface area is 377 Å². The van der Waals surface area contributed by atoms with E-state index in [2.05, 4.69) is 13.8 Å². The molecule has 15 nitrogen and oxygen atoms in total. The number of rotatable bonds is 37. The standard InChI is InChI=1S/C48H86O15/c1-3-5-7-9-11-13-15-17-18-19-21-22-24-26-28-30-39(50)58-33-36(61-40(51)31-29-27-25-23-20-16-14-12-10-8-6-4-2)34-59-47-46(57)44(55)42(53)38(63-47)35-60-48-45(56)43(54)41(52)37(32-49)62-48/h24,26,28,30,36-38,41-49,52-57H,3-23,25,27,29,31-35H2,1-2H3/b26-24+,30-28+/t36-,37-,38-,41+,42+,43?,44?,45?,46?,47-,48-/m1/s1. The number of carbonyl (C=O) groups excluding carboxylic acids is 2. The van der Waals surface area contributed by atoms with Crippen molar-refractivity contribution >= 4 is 11.9 Å². The second-order valence-electron chi connectivity index (χ2n) is 17.4. The molecule has 368 valence electrons. The van der Waals surface area contributed by atoms with Crippen LogP contribution in [-0.4, -0.2) is 142 Å². The molecular weight excluding hydrogens is 817 g/mol. The second kappa shape index (κ2) is 36.1. The molecule has 0 amide bonds. The summed E-state index contributed by atoms with van der Waals surface area (Å²) in [5.41, 5.74) is 0. The van der Waals surface area contributed by atoms with Crippen molar-refractivity contribution in [2.45, 2.75) is 242 Å². The lowest BCUT2D eigenvalue weighted by Crippen LogP contribution is -2.61. The van der Waals surface area contributed by atoms with Gasteiger partial charge in [0.1, 0.15) is 55.4 Å². The lowest BCUT2D eigenvalue weighted by Gasteiger charge is -2.42. The molecule has 0 bridgehead atoms. The van der Waals surface area contributed by atoms with Crippen molar-refractivity contribution in [1.29, 1.82) is 0 Å². The number of ether oxygens (including phenoxy) is 6. The van der Waals surface area contributed by atoms with Gasteiger partial charge < -0.3 is 64.2 Å². The van der Waals surface area contributed by atoms with Crippen LogP contribution >= 0.6 is 0 Å². The average Bonchev–Trinajstić information content (AvgIpc) is 3.28. The molecule has 63 heavy (non-hydrogen) atoms. The van der Waals surface area contributed by atoms with E-state index in [9.17, 15) is 45.3 Å². The van der Waals surface area contributed by atoms with Gasteiger partial charge in [-0.15, -0.1) is 0 Å². The molecule has 11 atom stereocenters. The predicted molar refractivity (Wildman–Crippen MR) is 238 cm³/mol. The molecule has 2 fully saturated rings. The van der Waals surface area contributed by atoms with Gasteiger partial charge in [0, 0.05) is 12.5 Å². The van der Waals surface area contributed by atoms with E-state index in [1.165, 1.54) is 122 Å². The van der Waals surface area contributed by atoms with Crippen molar-refractivity contribution in [2.24, 2.45) is 0 Å². The normalized spacial score (nSPS) is 27.0. The summed E-state index contributed by atoms with van der Waals surface area (Å²) in [5, 5.41) is 71.9. The van der Waals surface area contributed by atoms with Gasteiger partial charge >= 0.3 is 11.9 Å². The zero-order valence-electron chi connectivity index (χ0n) is 38.6. The molecule has 0 aliphatic carbocycles. The number of unbranched alkanes of at least 4 members (excludes halogenated alkanes) is 22. The first-order valence-corrected chi connectivity index (χ1v) is 24.5. The van der Waals surface area contributed by atoms with Crippen LogP contribution in [0, 0.1) is 0 Å². The van der Waals surface area contributed by atoms with Crippen LogP contribution in [0.1, 0.15) is 174 Å². The van der Waals surface area contributed by atoms with Crippen molar-refractivity contribution < 1.29 is 73.8 Å². The summed E-state index contributed by atoms with van der Waals surface area (Å²) in [7, 11) is 0. The molecule has 0 aromatic heterocycles. The van der Waals surface area contributed by atoms with Crippen LogP contribution in [0.4, 0.5) is 0 Å². The first-order valence-electron chi connectivity index (χ1n) is 24.5. The van der Waals surface area contributed by atoms with E-state index in [-0.39, 0.29) is 13.0 Å². The van der Waals surface area contributed by atoms with Crippen LogP contribution in [0.25, 0.3) is 0 Å². The minimum atomic E-state index is -1.77. The first-order chi connectivity index (χ1) is 30.5. The third-order valence-corrected chi connectivity index (χ3v) is 11.8. The Morgan fingerprint density at radius 3 is 1.52 bits per heavy atom. The van der Waals surface area contributed by atoms with Gasteiger partial charge in [-0.05, 0) is 19.3 Å². The van der Waals surface area contributed by atoms with E-state index in [1.54, 1.807) is 12.2 Å². The van der Waals surface area contributed by atoms with Gasteiger partial charge in [0.25, 0.3) is 0 Å². The fourth-order valence-electron chi connectivity index (χ4n) is 7.72. The Hall–Kier alpha value is -2.02. The van der Waals surface area contributed by atoms with Crippen molar-refractivity contribution in [2.75, 3.05) is 26.4 Å². The second-order valence-corrected chi connectivity index (χ2v) is 17.4. The zero-order chi connectivity index (χ0) is 46.1. The SMILES string of the molecule is CCCCCCCCCCCCC/C=C/C=C/C(=O)OC[C@H](CO[C@@H]1O[C@H](CO[C@@H]2O[C@H](CO)[C@H](O)C(O)C2O)[C@H](O)C(O)C1O)OC(=O)CCCCCCCCCCCCCC. The van der Waals surface area contributed by atoms with Crippen molar-refractivity contribution in [3.05, 3.63) is 24.3 Å². The van der Waals surface area contributed by atoms with Gasteiger partial charge in [0.05, 0.1) is 19.8 Å². The number of aliphatic hydroxyl groups excluding tert-OH is 7. The van der Waals surface area contributed by atoms with Crippen molar-refractivity contribution in [3.63, 3.8) is 0 Å². The van der Waals surface area contributed by atoms with E-state index in [0.717, 1.165) is 32.1 Å². The maximum absolute atomic E-state index is 12.9. The van der Waals surface area contributed by atoms with Gasteiger partial charge in [-0.1, -0.05) is 167 Å². The fourth-order valence-corrected chi connectivity index (χ4v) is 7.72. The maximum atomic E-state index is 12.9. The number of allylic oxidation sites excluding steroid dienone is 3. The molecule has 0 saturated carbocycles. The molecule has 15 heteroatoms. The van der Waals surface area contributed by atoms with Gasteiger partial charge in [0.15, 0.2) is 18.7 Å². The molecule has 0 spiro atoms. The van der Waals surface area contributed by atoms with Crippen LogP contribution in [-0.2, 0) is 38.0 Å². The molecule has 2 aliphatic rings. The highest BCUT2D eigenvalue weighted by atomic mass is 16.7. The third kappa shape index (κ3) is 24.9. The largest absolute Gasteiger partial charge is 0.458 e. The molecule has 2 rings (SSSR count). The van der Waals surface area contributed by atoms with Gasteiger partial charge in [-0.2, -0.15) is 0 Å². The smallest absolute Gasteiger partial charge is 0.330 e. The Bertz CT molecular complexity index is 1200. The first kappa shape index (κ1) is 57.1. The summed E-state index contributed by atoms with van der Waals surface area (Å²) < 4.78 is 33.3. The molecule has 0 aromatic rings. The van der Waals surface area contributed by atoms with E-state index < -0.39 is 99.3 Å². The maximum Gasteiger partial charge on any atom is 0.330 e. The Kier molecular flexibility index (Phi) is 32.8. The van der Waals surface area contributed by atoms with Crippen molar-refractivity contribution in [3.8, 4) is 0 Å². The fraction of sp³-hybridized carbons (Fsp3) is 0.875. The van der Waals surface area contributed by atoms with Crippen LogP contribution in [0.3, 0.4) is 0 Å². The molecule has 0 aromatic carbocycles. The van der Waals surface area contributed by atoms with E-state index >= 15 is 0 Å². The summed E-state index contributed by atoms with van der Waals surface area (Å²) in [5.74, 6) is -1.17. The van der Waals surface area contributed by atoms with Crippen LogP contribution in [0.15, 0.2) is 24.3 Å². The highest BCUT2D eigenvalue weighted by molar-refractivity contribution is 5.82. The van der Waals surface area contributed by atoms with Gasteiger partial charge in [-0.3, -0.25) is 4.79 Å². The number of esters is 2. The molecule has 7 N–H and O–H groups in total. The summed E-state index contributed by atoms with van der Waals surface area (Å²) in [6, 6.07) is 0. The summed E-state index contributed by atoms with van der Waals surface area (Å²) in [4.78, 5) is 25.5. The number of carbonyl (C=O) groups is 2. The molecule has 2 heterocycles. The number of hydrogen-bond donors (Lipinski definition) is 7. The lowest BCUT2D eigenvalue weighted by atomic mass is 9.98. The Morgan fingerprint density at radius 1 is 0.540 bits per heavy atom. The molecule has 4 unspecified atom stereocenters. The molecule has 2 saturated heterocycles. The Morgan fingerprint density at radius 2 is 1.00 bits per heavy atom. The third-order valence-electron chi connectivity index (χ3n) is 11.8. The van der Waals surface area contributed by atoms with E-state index in [0.29, 0.717) is 6.42 Å². The van der Waals surface area contributed by atoms with Crippen LogP contribution in [0.5, 0.6) is 0 Å². The molecule has 0 radical (unpaired) electrons. The number of aliphatic hydroxyl groups is 7. The Balaban J connectivity index is 1.86. The van der Waals surface area contributed by atoms with Crippen LogP contribution in [0.2, 0.25) is 0 Å². The predicted octanol–water partition coefficient (Wildman–Crippen LogP) is 5.99. The summed E-state index contributed by atoms with van der Waals surface area (Å²) >= 11 is 0. The monoisotopic (exact) mass is 903 g/mol. The average molecular weight is 903 g/mol. The molecular formula is C48H86O15. The van der Waals surface area contributed by atoms with Gasteiger partial charge in [-0.25, -0.2) is 4.79 Å². The summed E-state index contributed by atoms with van der Waals surface area (Å²) in [6.45, 7) is 2.46. The minimum absolute atomic E-state index is 0.149. The highest BCUT2D eigenvalue weighted by Gasteiger charge is 2.47. The quantitative estimate of drug-likeness (QED) is 0.0164. The van der Waals surface area contributed by atoms with Crippen molar-refractivity contribution in [1.82, 2.24) is 0 Å². The van der Waals surface area contributed by atoms with E-state index in [1.807, 2.05) is 6.08 Å². The lowest BCUT2D eigenvalue weighted by molar-refractivity contribution is -0.332. The zero-order valence-corrected chi connectivity index (χ0v) is 38.6. The topological polar surface area (TPSA) is 231 Å².